The van der Waals surface area contributed by atoms with Crippen LogP contribution >= 0.6 is 50.7 Å². The van der Waals surface area contributed by atoms with Crippen molar-refractivity contribution in [3.8, 4) is 11.4 Å². The van der Waals surface area contributed by atoms with E-state index in [0.717, 1.165) is 26.9 Å². The highest BCUT2D eigenvalue weighted by atomic mass is 127. The molecule has 0 aliphatic heterocycles. The number of imidazole rings is 1. The molecule has 0 aliphatic carbocycles. The van der Waals surface area contributed by atoms with E-state index in [1.165, 1.54) is 3.57 Å². The van der Waals surface area contributed by atoms with E-state index in [1.54, 1.807) is 7.11 Å². The van der Waals surface area contributed by atoms with Crippen molar-refractivity contribution < 1.29 is 4.74 Å². The molecule has 3 nitrogen and oxygen atoms in total. The van der Waals surface area contributed by atoms with Crippen LogP contribution in [0.1, 0.15) is 0 Å². The van der Waals surface area contributed by atoms with E-state index >= 15 is 0 Å². The number of methoxy groups -OCH3 is 1. The van der Waals surface area contributed by atoms with Gasteiger partial charge < -0.3 is 9.72 Å². The largest absolute Gasteiger partial charge is 0.497 e. The van der Waals surface area contributed by atoms with Crippen LogP contribution in [0.15, 0.2) is 40.9 Å². The molecule has 0 saturated carbocycles. The third-order valence-corrected chi connectivity index (χ3v) is 4.41. The summed E-state index contributed by atoms with van der Waals surface area (Å²) in [6.07, 6.45) is 0. The summed E-state index contributed by atoms with van der Waals surface area (Å²) in [5, 5.41) is 0. The number of H-pyrrole nitrogens is 1. The van der Waals surface area contributed by atoms with Crippen LogP contribution in [0.3, 0.4) is 0 Å². The molecule has 3 aromatic rings. The van der Waals surface area contributed by atoms with Crippen LogP contribution in [0.2, 0.25) is 0 Å². The van der Waals surface area contributed by atoms with Crippen LogP contribution in [-0.4, -0.2) is 16.7 Å². The zero-order chi connectivity index (χ0) is 14.3. The minimum atomic E-state index is 0.669. The number of benzene rings is 2. The Balaban J connectivity index is 2.32. The molecule has 0 amide bonds. The summed E-state index contributed by atoms with van der Waals surface area (Å²) in [7, 11) is 1.66. The quantitative estimate of drug-likeness (QED) is 0.427. The van der Waals surface area contributed by atoms with Gasteiger partial charge in [0.15, 0.2) is 4.77 Å². The third kappa shape index (κ3) is 2.51. The summed E-state index contributed by atoms with van der Waals surface area (Å²) in [6, 6.07) is 12.1. The van der Waals surface area contributed by atoms with Gasteiger partial charge in [0.2, 0.25) is 0 Å². The number of hydrogen-bond acceptors (Lipinski definition) is 2. The number of nitrogens with one attached hydrogen (secondary N) is 1. The Morgan fingerprint density at radius 1 is 1.25 bits per heavy atom. The Morgan fingerprint density at radius 3 is 2.80 bits per heavy atom. The number of aromatic amines is 1. The minimum absolute atomic E-state index is 0.669. The molecule has 0 aliphatic rings. The topological polar surface area (TPSA) is 29.9 Å². The smallest absolute Gasteiger partial charge is 0.182 e. The first-order valence-electron chi connectivity index (χ1n) is 5.84. The zero-order valence-electron chi connectivity index (χ0n) is 10.5. The van der Waals surface area contributed by atoms with Crippen molar-refractivity contribution in [2.75, 3.05) is 7.11 Å². The molecule has 0 radical (unpaired) electrons. The molecule has 2 aromatic carbocycles. The van der Waals surface area contributed by atoms with Crippen molar-refractivity contribution in [1.29, 1.82) is 0 Å². The fraction of sp³-hybridized carbons (Fsp3) is 0.0714. The lowest BCUT2D eigenvalue weighted by atomic mass is 10.2. The molecule has 0 atom stereocenters. The second-order valence-corrected chi connectivity index (χ2v) is 6.82. The molecule has 1 heterocycles. The van der Waals surface area contributed by atoms with Crippen LogP contribution in [0.5, 0.6) is 5.75 Å². The Kier molecular flexibility index (Phi) is 3.87. The zero-order valence-corrected chi connectivity index (χ0v) is 15.0. The molecule has 1 aromatic heterocycles. The van der Waals surface area contributed by atoms with Crippen LogP contribution < -0.4 is 4.74 Å². The van der Waals surface area contributed by atoms with Crippen LogP contribution in [0.4, 0.5) is 0 Å². The Hall–Kier alpha value is -0.860. The van der Waals surface area contributed by atoms with Gasteiger partial charge >= 0.3 is 0 Å². The van der Waals surface area contributed by atoms with E-state index in [0.29, 0.717) is 4.77 Å². The molecule has 0 bridgehead atoms. The summed E-state index contributed by atoms with van der Waals surface area (Å²) in [6.45, 7) is 0. The first-order valence-corrected chi connectivity index (χ1v) is 8.12. The highest BCUT2D eigenvalue weighted by Gasteiger charge is 2.09. The molecular weight excluding hydrogens is 451 g/mol. The maximum atomic E-state index is 5.45. The van der Waals surface area contributed by atoms with Crippen molar-refractivity contribution in [3.05, 3.63) is 49.2 Å². The van der Waals surface area contributed by atoms with Gasteiger partial charge in [-0.1, -0.05) is 15.9 Å². The summed E-state index contributed by atoms with van der Waals surface area (Å²) in [4.78, 5) is 3.24. The van der Waals surface area contributed by atoms with E-state index in [-0.39, 0.29) is 0 Å². The van der Waals surface area contributed by atoms with E-state index in [1.807, 2.05) is 22.8 Å². The van der Waals surface area contributed by atoms with Crippen molar-refractivity contribution in [3.63, 3.8) is 0 Å². The lowest BCUT2D eigenvalue weighted by molar-refractivity contribution is 0.414. The molecule has 0 saturated heterocycles. The second-order valence-electron chi connectivity index (χ2n) is 4.28. The lowest BCUT2D eigenvalue weighted by Gasteiger charge is -2.08. The van der Waals surface area contributed by atoms with E-state index in [4.69, 9.17) is 17.0 Å². The first-order chi connectivity index (χ1) is 9.58. The van der Waals surface area contributed by atoms with Crippen molar-refractivity contribution in [2.24, 2.45) is 0 Å². The predicted molar refractivity (Wildman–Crippen MR) is 95.4 cm³/mol. The molecule has 102 valence electrons. The molecule has 1 N–H and O–H groups in total. The van der Waals surface area contributed by atoms with Crippen molar-refractivity contribution in [1.82, 2.24) is 9.55 Å². The average molecular weight is 461 g/mol. The van der Waals surface area contributed by atoms with Crippen LogP contribution in [0.25, 0.3) is 16.7 Å². The van der Waals surface area contributed by atoms with E-state index in [9.17, 15) is 0 Å². The molecular formula is C14H10BrIN2OS. The standard InChI is InChI=1S/C14H10BrIN2OS/c1-19-11-5-8(15)4-10(7-11)18-13-3-2-9(16)6-12(13)17-14(18)20/h2-7H,1H3,(H,17,20). The Labute approximate surface area is 143 Å². The number of fused-ring (bicyclic) bond motifs is 1. The van der Waals surface area contributed by atoms with Crippen LogP contribution in [0, 0.1) is 8.34 Å². The monoisotopic (exact) mass is 460 g/mol. The maximum Gasteiger partial charge on any atom is 0.182 e. The normalized spacial score (nSPS) is 10.9. The molecule has 0 unspecified atom stereocenters. The fourth-order valence-corrected chi connectivity index (χ4v) is 3.40. The Morgan fingerprint density at radius 2 is 2.05 bits per heavy atom. The summed E-state index contributed by atoms with van der Waals surface area (Å²) >= 11 is 11.2. The third-order valence-electron chi connectivity index (χ3n) is 2.99. The molecule has 0 fully saturated rings. The van der Waals surface area contributed by atoms with Gasteiger partial charge in [0, 0.05) is 14.1 Å². The van der Waals surface area contributed by atoms with Gasteiger partial charge in [-0.3, -0.25) is 4.57 Å². The van der Waals surface area contributed by atoms with Crippen molar-refractivity contribution in [2.45, 2.75) is 0 Å². The van der Waals surface area contributed by atoms with Crippen molar-refractivity contribution >= 4 is 61.8 Å². The van der Waals surface area contributed by atoms with Crippen LogP contribution in [-0.2, 0) is 0 Å². The van der Waals surface area contributed by atoms with E-state index in [2.05, 4.69) is 61.7 Å². The minimum Gasteiger partial charge on any atom is -0.497 e. The number of hydrogen-bond donors (Lipinski definition) is 1. The SMILES string of the molecule is COc1cc(Br)cc(-n2c(=S)[nH]c3cc(I)ccc32)c1. The second kappa shape index (κ2) is 5.50. The predicted octanol–water partition coefficient (Wildman–Crippen LogP) is 5.06. The highest BCUT2D eigenvalue weighted by Crippen LogP contribution is 2.27. The number of rotatable bonds is 2. The Bertz CT molecular complexity index is 856. The lowest BCUT2D eigenvalue weighted by Crippen LogP contribution is -1.95. The van der Waals surface area contributed by atoms with Gasteiger partial charge in [-0.25, -0.2) is 0 Å². The van der Waals surface area contributed by atoms with Gasteiger partial charge in [0.25, 0.3) is 0 Å². The number of aromatic nitrogens is 2. The van der Waals surface area contributed by atoms with Gasteiger partial charge in [0.1, 0.15) is 5.75 Å². The van der Waals surface area contributed by atoms with E-state index < -0.39 is 0 Å². The fourth-order valence-electron chi connectivity index (χ4n) is 2.14. The van der Waals surface area contributed by atoms with Gasteiger partial charge in [-0.2, -0.15) is 0 Å². The summed E-state index contributed by atoms with van der Waals surface area (Å²) < 4.78 is 10.1. The summed E-state index contributed by atoms with van der Waals surface area (Å²) in [5.74, 6) is 0.788. The first kappa shape index (κ1) is 14.1. The number of nitrogens with zero attached hydrogens (tertiary/aromatic N) is 1. The van der Waals surface area contributed by atoms with Gasteiger partial charge in [-0.15, -0.1) is 0 Å². The highest BCUT2D eigenvalue weighted by molar-refractivity contribution is 14.1. The molecule has 20 heavy (non-hydrogen) atoms. The molecule has 3 rings (SSSR count). The molecule has 0 spiro atoms. The number of ether oxygens (including phenoxy) is 1. The van der Waals surface area contributed by atoms with Gasteiger partial charge in [0.05, 0.1) is 23.8 Å². The molecule has 6 heteroatoms. The maximum absolute atomic E-state index is 5.45. The average Bonchev–Trinajstić information content (AvgIpc) is 2.72. The summed E-state index contributed by atoms with van der Waals surface area (Å²) in [5.41, 5.74) is 3.05. The van der Waals surface area contributed by atoms with Gasteiger partial charge in [-0.05, 0) is 65.1 Å². The number of halogens is 2.